The number of aromatic amines is 1. The van der Waals surface area contributed by atoms with Gasteiger partial charge in [-0.25, -0.2) is 9.18 Å². The Labute approximate surface area is 169 Å². The molecular formula is C22H14ClFN2O3. The number of benzene rings is 2. The third-order valence-corrected chi connectivity index (χ3v) is 4.47. The van der Waals surface area contributed by atoms with E-state index in [0.717, 1.165) is 0 Å². The second-order valence-corrected chi connectivity index (χ2v) is 6.62. The summed E-state index contributed by atoms with van der Waals surface area (Å²) in [5.74, 6) is -0.146. The second kappa shape index (κ2) is 7.77. The summed E-state index contributed by atoms with van der Waals surface area (Å²) in [6.07, 6.45) is 4.59. The van der Waals surface area contributed by atoms with E-state index in [-0.39, 0.29) is 22.5 Å². The first-order valence-electron chi connectivity index (χ1n) is 8.65. The number of ketones is 1. The zero-order valence-corrected chi connectivity index (χ0v) is 15.7. The van der Waals surface area contributed by atoms with Crippen LogP contribution in [0, 0.1) is 5.82 Å². The number of hydrogen-bond donors (Lipinski definition) is 1. The molecule has 2 aromatic carbocycles. The van der Waals surface area contributed by atoms with Crippen LogP contribution in [0.1, 0.15) is 15.9 Å². The zero-order chi connectivity index (χ0) is 20.4. The lowest BCUT2D eigenvalue weighted by Gasteiger charge is -2.03. The van der Waals surface area contributed by atoms with Crippen molar-refractivity contribution in [2.45, 2.75) is 0 Å². The van der Waals surface area contributed by atoms with Crippen LogP contribution in [0.25, 0.3) is 23.2 Å². The molecular weight excluding hydrogens is 395 g/mol. The first kappa shape index (κ1) is 18.7. The van der Waals surface area contributed by atoms with Gasteiger partial charge in [0.15, 0.2) is 16.8 Å². The van der Waals surface area contributed by atoms with Crippen LogP contribution in [0.4, 0.5) is 4.39 Å². The fraction of sp³-hybridized carbons (Fsp3) is 0. The molecule has 0 saturated heterocycles. The van der Waals surface area contributed by atoms with Crippen LogP contribution in [0.15, 0.2) is 82.1 Å². The van der Waals surface area contributed by atoms with Crippen LogP contribution < -0.4 is 5.69 Å². The van der Waals surface area contributed by atoms with Crippen molar-refractivity contribution in [2.24, 2.45) is 0 Å². The van der Waals surface area contributed by atoms with Crippen molar-refractivity contribution in [2.75, 3.05) is 0 Å². The maximum absolute atomic E-state index is 13.0. The molecule has 0 bridgehead atoms. The van der Waals surface area contributed by atoms with E-state index in [1.54, 1.807) is 60.8 Å². The maximum Gasteiger partial charge on any atom is 0.330 e. The van der Waals surface area contributed by atoms with Crippen molar-refractivity contribution in [1.29, 1.82) is 0 Å². The number of carbonyl (C=O) groups is 1. The average molecular weight is 409 g/mol. The quantitative estimate of drug-likeness (QED) is 0.368. The smallest absolute Gasteiger partial charge is 0.330 e. The van der Waals surface area contributed by atoms with Gasteiger partial charge in [0.2, 0.25) is 0 Å². The van der Waals surface area contributed by atoms with Gasteiger partial charge < -0.3 is 9.40 Å². The van der Waals surface area contributed by atoms with Crippen LogP contribution in [0.3, 0.4) is 0 Å². The Morgan fingerprint density at radius 1 is 1.10 bits per heavy atom. The molecule has 0 radical (unpaired) electrons. The molecule has 0 aliphatic carbocycles. The summed E-state index contributed by atoms with van der Waals surface area (Å²) in [4.78, 5) is 27.5. The van der Waals surface area contributed by atoms with Crippen LogP contribution in [-0.4, -0.2) is 15.3 Å². The van der Waals surface area contributed by atoms with Crippen molar-refractivity contribution < 1.29 is 13.6 Å². The predicted molar refractivity (Wildman–Crippen MR) is 109 cm³/mol. The number of carbonyl (C=O) groups excluding carboxylic acids is 1. The highest BCUT2D eigenvalue weighted by Crippen LogP contribution is 2.23. The van der Waals surface area contributed by atoms with Gasteiger partial charge in [-0.3, -0.25) is 9.36 Å². The number of H-pyrrole nitrogens is 1. The molecule has 2 aromatic heterocycles. The Morgan fingerprint density at radius 3 is 2.62 bits per heavy atom. The van der Waals surface area contributed by atoms with Crippen molar-refractivity contribution >= 4 is 23.5 Å². The number of imidazole rings is 1. The summed E-state index contributed by atoms with van der Waals surface area (Å²) in [7, 11) is 0. The van der Waals surface area contributed by atoms with Crippen LogP contribution in [-0.2, 0) is 0 Å². The summed E-state index contributed by atoms with van der Waals surface area (Å²) < 4.78 is 19.7. The number of rotatable bonds is 5. The van der Waals surface area contributed by atoms with Gasteiger partial charge in [-0.2, -0.15) is 0 Å². The minimum Gasteiger partial charge on any atom is -0.443 e. The summed E-state index contributed by atoms with van der Waals surface area (Å²) in [6.45, 7) is 0. The highest BCUT2D eigenvalue weighted by Gasteiger charge is 2.11. The van der Waals surface area contributed by atoms with E-state index in [0.29, 0.717) is 28.3 Å². The number of halogens is 2. The predicted octanol–water partition coefficient (Wildman–Crippen LogP) is 5.11. The lowest BCUT2D eigenvalue weighted by atomic mass is 10.1. The molecule has 0 atom stereocenters. The molecule has 0 aliphatic heterocycles. The molecule has 144 valence electrons. The Morgan fingerprint density at radius 2 is 1.90 bits per heavy atom. The number of hydrogen-bond acceptors (Lipinski definition) is 3. The molecule has 0 fully saturated rings. The van der Waals surface area contributed by atoms with E-state index in [1.165, 1.54) is 22.8 Å². The largest absolute Gasteiger partial charge is 0.443 e. The van der Waals surface area contributed by atoms with E-state index < -0.39 is 0 Å². The molecule has 7 heteroatoms. The Kier molecular flexibility index (Phi) is 5.01. The van der Waals surface area contributed by atoms with Crippen LogP contribution >= 0.6 is 11.6 Å². The summed E-state index contributed by atoms with van der Waals surface area (Å²) in [6, 6.07) is 15.7. The number of aromatic nitrogens is 2. The van der Waals surface area contributed by atoms with Crippen molar-refractivity contribution in [3.05, 3.63) is 106 Å². The second-order valence-electron chi connectivity index (χ2n) is 6.25. The van der Waals surface area contributed by atoms with Gasteiger partial charge in [0.25, 0.3) is 0 Å². The van der Waals surface area contributed by atoms with Gasteiger partial charge in [0, 0.05) is 11.8 Å². The van der Waals surface area contributed by atoms with Gasteiger partial charge in [-0.1, -0.05) is 30.3 Å². The van der Waals surface area contributed by atoms with Crippen LogP contribution in [0.5, 0.6) is 0 Å². The van der Waals surface area contributed by atoms with E-state index in [9.17, 15) is 14.0 Å². The first-order chi connectivity index (χ1) is 14.0. The molecule has 0 saturated carbocycles. The topological polar surface area (TPSA) is 68.0 Å². The monoisotopic (exact) mass is 408 g/mol. The third-order valence-electron chi connectivity index (χ3n) is 4.26. The highest BCUT2D eigenvalue weighted by atomic mass is 35.5. The molecule has 2 heterocycles. The van der Waals surface area contributed by atoms with E-state index >= 15 is 0 Å². The molecule has 4 rings (SSSR count). The Hall–Kier alpha value is -3.64. The highest BCUT2D eigenvalue weighted by molar-refractivity contribution is 6.28. The fourth-order valence-corrected chi connectivity index (χ4v) is 2.97. The number of allylic oxidation sites excluding steroid dienone is 1. The number of nitrogens with zero attached hydrogens (tertiary/aromatic N) is 1. The Balaban J connectivity index is 1.60. The average Bonchev–Trinajstić information content (AvgIpc) is 3.33. The summed E-state index contributed by atoms with van der Waals surface area (Å²) in [5, 5.41) is 0.217. The Bertz CT molecular complexity index is 1270. The molecule has 0 spiro atoms. The molecule has 0 aliphatic rings. The summed E-state index contributed by atoms with van der Waals surface area (Å²) in [5.41, 5.74) is 1.74. The molecule has 5 nitrogen and oxygen atoms in total. The van der Waals surface area contributed by atoms with E-state index in [1.807, 2.05) is 0 Å². The molecule has 0 unspecified atom stereocenters. The molecule has 1 N–H and O–H groups in total. The number of furan rings is 1. The van der Waals surface area contributed by atoms with Crippen molar-refractivity contribution in [3.8, 4) is 17.1 Å². The van der Waals surface area contributed by atoms with E-state index in [4.69, 9.17) is 16.0 Å². The molecule has 0 amide bonds. The fourth-order valence-electron chi connectivity index (χ4n) is 2.82. The molecule has 29 heavy (non-hydrogen) atoms. The van der Waals surface area contributed by atoms with E-state index in [2.05, 4.69) is 4.98 Å². The zero-order valence-electron chi connectivity index (χ0n) is 14.9. The first-order valence-corrected chi connectivity index (χ1v) is 9.03. The molecule has 4 aromatic rings. The van der Waals surface area contributed by atoms with Crippen molar-refractivity contribution in [3.63, 3.8) is 0 Å². The van der Waals surface area contributed by atoms with Gasteiger partial charge in [0.1, 0.15) is 11.5 Å². The van der Waals surface area contributed by atoms with Gasteiger partial charge in [-0.05, 0) is 59.6 Å². The minimum absolute atomic E-state index is 0.217. The lowest BCUT2D eigenvalue weighted by molar-refractivity contribution is 0.104. The number of nitrogens with one attached hydrogen (secondary N) is 1. The lowest BCUT2D eigenvalue weighted by Crippen LogP contribution is -2.14. The minimum atomic E-state index is -0.376. The van der Waals surface area contributed by atoms with Gasteiger partial charge in [-0.15, -0.1) is 0 Å². The summed E-state index contributed by atoms with van der Waals surface area (Å²) >= 11 is 5.78. The third kappa shape index (κ3) is 4.12. The van der Waals surface area contributed by atoms with Gasteiger partial charge >= 0.3 is 5.69 Å². The standard InChI is InChI=1S/C22H14ClFN2O3/c23-21-11-10-20(29-21)18-13-26(22(28)25-18)17-3-1-2-15(12-17)19(27)9-6-14-4-7-16(24)8-5-14/h1-13H,(H,25,28)/b9-6+. The van der Waals surface area contributed by atoms with Gasteiger partial charge in [0.05, 0.1) is 5.69 Å². The normalized spacial score (nSPS) is 11.2. The van der Waals surface area contributed by atoms with Crippen molar-refractivity contribution in [1.82, 2.24) is 9.55 Å². The maximum atomic E-state index is 13.0. The van der Waals surface area contributed by atoms with Crippen LogP contribution in [0.2, 0.25) is 5.22 Å². The SMILES string of the molecule is O=C(/C=C/c1ccc(F)cc1)c1cccc(-n2cc(-c3ccc(Cl)o3)[nH]c2=O)c1.